The molecule has 3 N–H and O–H groups in total. The highest BCUT2D eigenvalue weighted by Crippen LogP contribution is 2.17. The second-order valence-corrected chi connectivity index (χ2v) is 6.44. The number of nitrogens with zero attached hydrogens (tertiary/aromatic N) is 1. The fraction of sp³-hybridized carbons (Fsp3) is 0.538. The molecule has 1 heterocycles. The molecular weight excluding hydrogens is 280 g/mol. The van der Waals surface area contributed by atoms with Crippen LogP contribution in [0.15, 0.2) is 29.2 Å². The molecule has 112 valence electrons. The average molecular weight is 300 g/mol. The van der Waals surface area contributed by atoms with Gasteiger partial charge in [-0.3, -0.25) is 4.90 Å². The van der Waals surface area contributed by atoms with Crippen molar-refractivity contribution in [3.8, 4) is 5.75 Å². The number of sulfonamides is 1. The van der Waals surface area contributed by atoms with Crippen LogP contribution < -0.4 is 9.88 Å². The molecule has 0 spiro atoms. The fourth-order valence-electron chi connectivity index (χ4n) is 2.40. The maximum absolute atomic E-state index is 11.1. The molecule has 0 bridgehead atoms. The first-order valence-electron chi connectivity index (χ1n) is 6.61. The summed E-state index contributed by atoms with van der Waals surface area (Å²) in [6, 6.07) is 6.28. The summed E-state index contributed by atoms with van der Waals surface area (Å²) in [7, 11) is -3.66. The van der Waals surface area contributed by atoms with Crippen LogP contribution in [0.3, 0.4) is 0 Å². The number of benzene rings is 1. The lowest BCUT2D eigenvalue weighted by Gasteiger charge is -2.22. The summed E-state index contributed by atoms with van der Waals surface area (Å²) in [5.41, 5.74) is 0. The maximum Gasteiger partial charge on any atom is 0.238 e. The van der Waals surface area contributed by atoms with Gasteiger partial charge in [0.25, 0.3) is 0 Å². The van der Waals surface area contributed by atoms with Crippen LogP contribution >= 0.6 is 0 Å². The van der Waals surface area contributed by atoms with Gasteiger partial charge in [-0.05, 0) is 43.7 Å². The second kappa shape index (κ2) is 6.53. The SMILES string of the molecule is NS(=O)(=O)c1ccc(OCCN2CCC[C@@H]2CO)cc1. The number of rotatable bonds is 6. The van der Waals surface area contributed by atoms with Crippen LogP contribution in [-0.2, 0) is 10.0 Å². The van der Waals surface area contributed by atoms with Gasteiger partial charge < -0.3 is 9.84 Å². The van der Waals surface area contributed by atoms with Crippen molar-refractivity contribution >= 4 is 10.0 Å². The van der Waals surface area contributed by atoms with Gasteiger partial charge in [0, 0.05) is 12.6 Å². The Kier molecular flexibility index (Phi) is 4.98. The number of hydrogen-bond acceptors (Lipinski definition) is 5. The molecule has 0 amide bonds. The maximum atomic E-state index is 11.1. The summed E-state index contributed by atoms with van der Waals surface area (Å²) >= 11 is 0. The average Bonchev–Trinajstić information content (AvgIpc) is 2.86. The first-order valence-corrected chi connectivity index (χ1v) is 8.16. The molecule has 0 saturated carbocycles. The first-order chi connectivity index (χ1) is 9.50. The van der Waals surface area contributed by atoms with Crippen molar-refractivity contribution < 1.29 is 18.3 Å². The van der Waals surface area contributed by atoms with Crippen molar-refractivity contribution in [1.82, 2.24) is 4.90 Å². The van der Waals surface area contributed by atoms with Crippen LogP contribution in [0, 0.1) is 0 Å². The summed E-state index contributed by atoms with van der Waals surface area (Å²) in [6.45, 7) is 2.43. The predicted molar refractivity (Wildman–Crippen MR) is 75.0 cm³/mol. The Balaban J connectivity index is 1.82. The van der Waals surface area contributed by atoms with E-state index in [2.05, 4.69) is 4.90 Å². The van der Waals surface area contributed by atoms with E-state index in [1.165, 1.54) is 12.1 Å². The minimum absolute atomic E-state index is 0.0738. The fourth-order valence-corrected chi connectivity index (χ4v) is 2.92. The van der Waals surface area contributed by atoms with Gasteiger partial charge in [-0.1, -0.05) is 0 Å². The predicted octanol–water partition coefficient (Wildman–Crippen LogP) is 0.170. The Morgan fingerprint density at radius 2 is 2.05 bits per heavy atom. The van der Waals surface area contributed by atoms with Gasteiger partial charge in [-0.25, -0.2) is 13.6 Å². The molecule has 1 aromatic rings. The van der Waals surface area contributed by atoms with E-state index < -0.39 is 10.0 Å². The van der Waals surface area contributed by atoms with Crippen LogP contribution in [0.4, 0.5) is 0 Å². The van der Waals surface area contributed by atoms with E-state index in [9.17, 15) is 13.5 Å². The molecule has 6 nitrogen and oxygen atoms in total. The van der Waals surface area contributed by atoms with E-state index in [0.717, 1.165) is 25.9 Å². The third kappa shape index (κ3) is 3.92. The van der Waals surface area contributed by atoms with Gasteiger partial charge in [-0.15, -0.1) is 0 Å². The van der Waals surface area contributed by atoms with Crippen molar-refractivity contribution in [2.45, 2.75) is 23.8 Å². The molecule has 0 unspecified atom stereocenters. The summed E-state index contributed by atoms with van der Waals surface area (Å²) in [4.78, 5) is 2.28. The van der Waals surface area contributed by atoms with E-state index in [4.69, 9.17) is 9.88 Å². The molecule has 1 atom stereocenters. The van der Waals surface area contributed by atoms with Gasteiger partial charge in [0.1, 0.15) is 12.4 Å². The Morgan fingerprint density at radius 1 is 1.35 bits per heavy atom. The highest BCUT2D eigenvalue weighted by atomic mass is 32.2. The van der Waals surface area contributed by atoms with Crippen molar-refractivity contribution in [1.29, 1.82) is 0 Å². The highest BCUT2D eigenvalue weighted by molar-refractivity contribution is 7.89. The Morgan fingerprint density at radius 3 is 2.65 bits per heavy atom. The van der Waals surface area contributed by atoms with Crippen LogP contribution in [-0.4, -0.2) is 50.8 Å². The van der Waals surface area contributed by atoms with E-state index in [1.807, 2.05) is 0 Å². The molecular formula is C13H20N2O4S. The number of ether oxygens (including phenoxy) is 1. The molecule has 0 aromatic heterocycles. The molecule has 1 aromatic carbocycles. The standard InChI is InChI=1S/C13H20N2O4S/c14-20(17,18)13-5-3-12(4-6-13)19-9-8-15-7-1-2-11(15)10-16/h3-6,11,16H,1-2,7-10H2,(H2,14,17,18)/t11-/m1/s1. The van der Waals surface area contributed by atoms with Crippen LogP contribution in [0.5, 0.6) is 5.75 Å². The minimum Gasteiger partial charge on any atom is -0.492 e. The molecule has 1 fully saturated rings. The lowest BCUT2D eigenvalue weighted by molar-refractivity contribution is 0.139. The smallest absolute Gasteiger partial charge is 0.238 e. The first kappa shape index (κ1) is 15.2. The Labute approximate surface area is 119 Å². The summed E-state index contributed by atoms with van der Waals surface area (Å²) in [5, 5.41) is 14.2. The van der Waals surface area contributed by atoms with Gasteiger partial charge in [0.05, 0.1) is 11.5 Å². The van der Waals surface area contributed by atoms with Crippen LogP contribution in [0.25, 0.3) is 0 Å². The van der Waals surface area contributed by atoms with Gasteiger partial charge >= 0.3 is 0 Å². The minimum atomic E-state index is -3.66. The molecule has 2 rings (SSSR count). The number of nitrogens with two attached hydrogens (primary N) is 1. The zero-order chi connectivity index (χ0) is 14.6. The van der Waals surface area contributed by atoms with Crippen LogP contribution in [0.2, 0.25) is 0 Å². The van der Waals surface area contributed by atoms with Gasteiger partial charge in [-0.2, -0.15) is 0 Å². The molecule has 1 saturated heterocycles. The van der Waals surface area contributed by atoms with Gasteiger partial charge in [0.2, 0.25) is 10.0 Å². The quantitative estimate of drug-likeness (QED) is 0.781. The number of aliphatic hydroxyl groups is 1. The largest absolute Gasteiger partial charge is 0.492 e. The normalized spacial score (nSPS) is 20.2. The Bertz CT molecular complexity index is 530. The molecule has 0 radical (unpaired) electrons. The number of primary sulfonamides is 1. The summed E-state index contributed by atoms with van der Waals surface area (Å²) in [6.07, 6.45) is 2.13. The third-order valence-corrected chi connectivity index (χ3v) is 4.44. The second-order valence-electron chi connectivity index (χ2n) is 4.88. The number of likely N-dealkylation sites (tertiary alicyclic amines) is 1. The van der Waals surface area contributed by atoms with E-state index in [-0.39, 0.29) is 17.5 Å². The topological polar surface area (TPSA) is 92.9 Å². The van der Waals surface area contributed by atoms with Crippen molar-refractivity contribution in [3.63, 3.8) is 0 Å². The molecule has 1 aliphatic heterocycles. The Hall–Kier alpha value is -1.15. The van der Waals surface area contributed by atoms with Crippen molar-refractivity contribution in [2.75, 3.05) is 26.3 Å². The monoisotopic (exact) mass is 300 g/mol. The molecule has 0 aliphatic carbocycles. The van der Waals surface area contributed by atoms with Gasteiger partial charge in [0.15, 0.2) is 0 Å². The number of aliphatic hydroxyl groups excluding tert-OH is 1. The zero-order valence-electron chi connectivity index (χ0n) is 11.2. The summed E-state index contributed by atoms with van der Waals surface area (Å²) < 4.78 is 27.8. The van der Waals surface area contributed by atoms with Crippen molar-refractivity contribution in [2.24, 2.45) is 5.14 Å². The lowest BCUT2D eigenvalue weighted by atomic mass is 10.2. The van der Waals surface area contributed by atoms with Crippen LogP contribution in [0.1, 0.15) is 12.8 Å². The third-order valence-electron chi connectivity index (χ3n) is 3.51. The molecule has 1 aliphatic rings. The molecule has 7 heteroatoms. The molecule has 20 heavy (non-hydrogen) atoms. The lowest BCUT2D eigenvalue weighted by Crippen LogP contribution is -2.35. The van der Waals surface area contributed by atoms with Crippen molar-refractivity contribution in [3.05, 3.63) is 24.3 Å². The van der Waals surface area contributed by atoms with E-state index in [1.54, 1.807) is 12.1 Å². The zero-order valence-corrected chi connectivity index (χ0v) is 12.1. The van der Waals surface area contributed by atoms with E-state index in [0.29, 0.717) is 12.4 Å². The van der Waals surface area contributed by atoms with E-state index >= 15 is 0 Å². The highest BCUT2D eigenvalue weighted by Gasteiger charge is 2.23. The number of hydrogen-bond donors (Lipinski definition) is 2. The summed E-state index contributed by atoms with van der Waals surface area (Å²) in [5.74, 6) is 0.608.